The van der Waals surface area contributed by atoms with Gasteiger partial charge in [-0.3, -0.25) is 14.3 Å². The van der Waals surface area contributed by atoms with Crippen LogP contribution in [0.2, 0.25) is 0 Å². The molecule has 0 radical (unpaired) electrons. The number of fused-ring (bicyclic) bond motifs is 3. The molecule has 6 rings (SSSR count). The van der Waals surface area contributed by atoms with Crippen LogP contribution in [0.1, 0.15) is 52.2 Å². The molecule has 0 unspecified atom stereocenters. The predicted molar refractivity (Wildman–Crippen MR) is 133 cm³/mol. The summed E-state index contributed by atoms with van der Waals surface area (Å²) in [6.07, 6.45) is 8.59. The van der Waals surface area contributed by atoms with E-state index in [1.807, 2.05) is 24.4 Å². The summed E-state index contributed by atoms with van der Waals surface area (Å²) in [4.78, 5) is 36.5. The summed E-state index contributed by atoms with van der Waals surface area (Å²) < 4.78 is 1.58. The molecule has 2 N–H and O–H groups in total. The minimum atomic E-state index is -0.320. The first-order chi connectivity index (χ1) is 17.0. The van der Waals surface area contributed by atoms with Gasteiger partial charge in [-0.1, -0.05) is 12.1 Å². The lowest BCUT2D eigenvalue weighted by Crippen LogP contribution is -2.47. The molecule has 0 spiro atoms. The number of carbonyl (C=O) groups excluding carboxylic acids is 2. The van der Waals surface area contributed by atoms with Crippen molar-refractivity contribution in [1.29, 1.82) is 0 Å². The van der Waals surface area contributed by atoms with Crippen molar-refractivity contribution in [3.63, 3.8) is 0 Å². The molecular formula is C27H28N6O2. The van der Waals surface area contributed by atoms with E-state index in [0.29, 0.717) is 22.9 Å². The highest BCUT2D eigenvalue weighted by Gasteiger charge is 2.43. The van der Waals surface area contributed by atoms with Crippen LogP contribution in [0.3, 0.4) is 0 Å². The molecule has 2 amide bonds. The van der Waals surface area contributed by atoms with E-state index >= 15 is 0 Å². The molecule has 2 aliphatic heterocycles. The third-order valence-electron chi connectivity index (χ3n) is 7.38. The van der Waals surface area contributed by atoms with E-state index in [9.17, 15) is 9.59 Å². The molecule has 2 atom stereocenters. The van der Waals surface area contributed by atoms with Crippen molar-refractivity contribution < 1.29 is 9.59 Å². The molecule has 2 fully saturated rings. The van der Waals surface area contributed by atoms with Gasteiger partial charge in [0.2, 0.25) is 0 Å². The number of nitrogens with zero attached hydrogens (tertiary/aromatic N) is 4. The average molecular weight is 469 g/mol. The summed E-state index contributed by atoms with van der Waals surface area (Å²) in [5.74, 6) is 0.188. The first kappa shape index (κ1) is 21.6. The van der Waals surface area contributed by atoms with Gasteiger partial charge in [-0.15, -0.1) is 0 Å². The van der Waals surface area contributed by atoms with Gasteiger partial charge in [0.05, 0.1) is 11.3 Å². The quantitative estimate of drug-likeness (QED) is 0.459. The number of para-hydroxylation sites is 1. The summed E-state index contributed by atoms with van der Waals surface area (Å²) in [6.45, 7) is 0. The Hall–Kier alpha value is -3.94. The van der Waals surface area contributed by atoms with Crippen LogP contribution >= 0.6 is 0 Å². The minimum Gasteiger partial charge on any atom is -0.346 e. The number of benzene rings is 1. The summed E-state index contributed by atoms with van der Waals surface area (Å²) >= 11 is 0. The Balaban J connectivity index is 1.17. The van der Waals surface area contributed by atoms with Gasteiger partial charge >= 0.3 is 0 Å². The molecule has 2 aliphatic rings. The maximum Gasteiger partial charge on any atom is 0.276 e. The predicted octanol–water partition coefficient (Wildman–Crippen LogP) is 4.17. The van der Waals surface area contributed by atoms with Gasteiger partial charge in [0, 0.05) is 42.6 Å². The zero-order valence-corrected chi connectivity index (χ0v) is 19.6. The Kier molecular flexibility index (Phi) is 5.36. The van der Waals surface area contributed by atoms with Crippen LogP contribution in [0.4, 0.5) is 5.69 Å². The number of H-pyrrole nitrogens is 1. The molecule has 8 heteroatoms. The maximum atomic E-state index is 13.7. The van der Waals surface area contributed by atoms with Gasteiger partial charge in [0.25, 0.3) is 11.8 Å². The van der Waals surface area contributed by atoms with Crippen molar-refractivity contribution in [3.8, 4) is 0 Å². The monoisotopic (exact) mass is 468 g/mol. The molecule has 2 bridgehead atoms. The van der Waals surface area contributed by atoms with Crippen molar-refractivity contribution in [2.24, 2.45) is 13.0 Å². The number of pyridine rings is 1. The van der Waals surface area contributed by atoms with Crippen LogP contribution in [0.25, 0.3) is 11.0 Å². The second-order valence-electron chi connectivity index (χ2n) is 9.73. The molecule has 2 saturated heterocycles. The van der Waals surface area contributed by atoms with Crippen molar-refractivity contribution in [2.45, 2.75) is 44.2 Å². The Morgan fingerprint density at radius 3 is 2.63 bits per heavy atom. The normalized spacial score (nSPS) is 21.4. The molecule has 0 saturated carbocycles. The van der Waals surface area contributed by atoms with Gasteiger partial charge in [0.1, 0.15) is 5.65 Å². The van der Waals surface area contributed by atoms with Crippen molar-refractivity contribution in [3.05, 3.63) is 77.9 Å². The number of hydrogen-bond acceptors (Lipinski definition) is 4. The molecule has 5 heterocycles. The summed E-state index contributed by atoms with van der Waals surface area (Å²) in [7, 11) is 1.77. The number of nitrogens with one attached hydrogen (secondary N) is 2. The first-order valence-corrected chi connectivity index (χ1v) is 12.2. The third-order valence-corrected chi connectivity index (χ3v) is 7.38. The number of piperidine rings is 1. The van der Waals surface area contributed by atoms with Crippen LogP contribution in [0, 0.1) is 5.92 Å². The Morgan fingerprint density at radius 2 is 1.86 bits per heavy atom. The minimum absolute atomic E-state index is 0.00111. The van der Waals surface area contributed by atoms with Crippen LogP contribution in [0.5, 0.6) is 0 Å². The highest BCUT2D eigenvalue weighted by Crippen LogP contribution is 2.41. The van der Waals surface area contributed by atoms with E-state index in [2.05, 4.69) is 32.4 Å². The lowest BCUT2D eigenvalue weighted by Gasteiger charge is -2.39. The molecule has 4 aromatic rings. The van der Waals surface area contributed by atoms with Crippen LogP contribution < -0.4 is 5.32 Å². The molecule has 1 aromatic carbocycles. The molecule has 0 aliphatic carbocycles. The molecule has 178 valence electrons. The number of hydrogen-bond donors (Lipinski definition) is 2. The van der Waals surface area contributed by atoms with Crippen LogP contribution in [-0.4, -0.2) is 48.5 Å². The van der Waals surface area contributed by atoms with Crippen molar-refractivity contribution in [2.75, 3.05) is 5.32 Å². The molecule has 8 nitrogen and oxygen atoms in total. The fraction of sp³-hybridized carbons (Fsp3) is 0.333. The summed E-state index contributed by atoms with van der Waals surface area (Å²) in [5, 5.41) is 8.18. The second-order valence-corrected chi connectivity index (χ2v) is 9.73. The number of carbonyl (C=O) groups is 2. The van der Waals surface area contributed by atoms with E-state index in [4.69, 9.17) is 4.98 Å². The van der Waals surface area contributed by atoms with E-state index in [1.165, 1.54) is 0 Å². The summed E-state index contributed by atoms with van der Waals surface area (Å²) in [5.41, 5.74) is 3.42. The van der Waals surface area contributed by atoms with Gasteiger partial charge in [-0.05, 0) is 74.4 Å². The Labute approximate surface area is 203 Å². The first-order valence-electron chi connectivity index (χ1n) is 12.2. The zero-order chi connectivity index (χ0) is 23.9. The van der Waals surface area contributed by atoms with E-state index in [1.54, 1.807) is 36.1 Å². The van der Waals surface area contributed by atoms with E-state index in [-0.39, 0.29) is 23.9 Å². The fourth-order valence-corrected chi connectivity index (χ4v) is 5.81. The third kappa shape index (κ3) is 4.09. The number of aromatic amines is 1. The second kappa shape index (κ2) is 8.69. The number of amides is 2. The van der Waals surface area contributed by atoms with E-state index in [0.717, 1.165) is 48.8 Å². The van der Waals surface area contributed by atoms with Crippen LogP contribution in [0.15, 0.2) is 60.9 Å². The topological polar surface area (TPSA) is 95.9 Å². The number of anilines is 1. The largest absolute Gasteiger partial charge is 0.346 e. The van der Waals surface area contributed by atoms with Crippen LogP contribution in [-0.2, 0) is 13.5 Å². The fourth-order valence-electron chi connectivity index (χ4n) is 5.81. The lowest BCUT2D eigenvalue weighted by atomic mass is 9.86. The summed E-state index contributed by atoms with van der Waals surface area (Å²) in [6, 6.07) is 15.6. The van der Waals surface area contributed by atoms with Crippen molar-refractivity contribution in [1.82, 2.24) is 24.6 Å². The van der Waals surface area contributed by atoms with Crippen molar-refractivity contribution >= 4 is 28.5 Å². The zero-order valence-electron chi connectivity index (χ0n) is 19.6. The number of rotatable bonds is 5. The highest BCUT2D eigenvalue weighted by atomic mass is 16.2. The smallest absolute Gasteiger partial charge is 0.276 e. The van der Waals surface area contributed by atoms with Gasteiger partial charge in [0.15, 0.2) is 5.69 Å². The van der Waals surface area contributed by atoms with E-state index < -0.39 is 0 Å². The molecule has 3 aromatic heterocycles. The number of aryl methyl sites for hydroxylation is 1. The highest BCUT2D eigenvalue weighted by molar-refractivity contribution is 6.08. The Bertz CT molecular complexity index is 1390. The average Bonchev–Trinajstić information content (AvgIpc) is 3.56. The molecular weight excluding hydrogens is 440 g/mol. The molecule has 35 heavy (non-hydrogen) atoms. The maximum absolute atomic E-state index is 13.7. The lowest BCUT2D eigenvalue weighted by molar-refractivity contribution is 0.0525. The SMILES string of the molecule is Cn1ccc(C(=O)Nc2ccccc2C(=O)N2[C@H]3CC[C@H]2CC(Cc2ccc4cc[nH]c4n2)C3)n1. The number of aromatic nitrogens is 4. The van der Waals surface area contributed by atoms with Gasteiger partial charge in [-0.2, -0.15) is 5.10 Å². The van der Waals surface area contributed by atoms with Gasteiger partial charge < -0.3 is 15.2 Å². The van der Waals surface area contributed by atoms with Gasteiger partial charge in [-0.25, -0.2) is 4.98 Å². The Morgan fingerprint density at radius 1 is 1.06 bits per heavy atom. The standard InChI is InChI=1S/C27H28N6O2/c1-32-13-11-24(31-32)26(34)30-23-5-3-2-4-22(23)27(35)33-20-8-9-21(33)16-17(15-20)14-19-7-6-18-10-12-28-25(18)29-19/h2-7,10-13,17,20-21H,8-9,14-16H2,1H3,(H,28,29)(H,30,34)/t20-,21-/m0/s1.